The average molecular weight is 185 g/mol. The van der Waals surface area contributed by atoms with Crippen molar-refractivity contribution in [2.24, 2.45) is 0 Å². The van der Waals surface area contributed by atoms with Gasteiger partial charge in [-0.15, -0.1) is 11.3 Å². The molecule has 1 aromatic rings. The van der Waals surface area contributed by atoms with Gasteiger partial charge in [0.25, 0.3) is 0 Å². The van der Waals surface area contributed by atoms with Crippen molar-refractivity contribution in [2.75, 3.05) is 0 Å². The van der Waals surface area contributed by atoms with Crippen LogP contribution in [0, 0.1) is 0 Å². The number of aliphatic hydroxyl groups is 1. The largest absolute Gasteiger partial charge is 0.386 e. The monoisotopic (exact) mass is 185 g/mol. The predicted molar refractivity (Wildman–Crippen MR) is 51.2 cm³/mol. The predicted octanol–water partition coefficient (Wildman–Crippen LogP) is 2.76. The Balaban J connectivity index is 2.25. The molecule has 1 heterocycles. The first-order valence-electron chi connectivity index (χ1n) is 4.42. The summed E-state index contributed by atoms with van der Waals surface area (Å²) in [6, 6.07) is 0. The van der Waals surface area contributed by atoms with Crippen molar-refractivity contribution in [3.63, 3.8) is 0 Å². The highest BCUT2D eigenvalue weighted by molar-refractivity contribution is 7.09. The zero-order valence-electron chi connectivity index (χ0n) is 7.36. The summed E-state index contributed by atoms with van der Waals surface area (Å²) < 4.78 is 0. The Hall–Kier alpha value is -0.410. The molecule has 2 nitrogen and oxygen atoms in total. The molecule has 0 aromatic carbocycles. The highest BCUT2D eigenvalue weighted by Gasteiger charge is 2.08. The molecule has 0 amide bonds. The van der Waals surface area contributed by atoms with Crippen LogP contribution in [0.4, 0.5) is 0 Å². The van der Waals surface area contributed by atoms with Crippen LogP contribution in [0.2, 0.25) is 0 Å². The first kappa shape index (κ1) is 9.68. The fraction of sp³-hybridized carbons (Fsp3) is 0.667. The number of aliphatic hydroxyl groups excluding tert-OH is 1. The smallest absolute Gasteiger partial charge is 0.121 e. The summed E-state index contributed by atoms with van der Waals surface area (Å²) in [7, 11) is 0. The summed E-state index contributed by atoms with van der Waals surface area (Å²) in [4.78, 5) is 4.06. The number of unbranched alkanes of at least 4 members (excludes halogenated alkanes) is 2. The minimum absolute atomic E-state index is 0.337. The number of aromatic nitrogens is 1. The molecule has 0 saturated carbocycles. The summed E-state index contributed by atoms with van der Waals surface area (Å²) in [6.45, 7) is 2.16. The molecule has 0 aliphatic heterocycles. The van der Waals surface area contributed by atoms with Crippen LogP contribution in [0.3, 0.4) is 0 Å². The Labute approximate surface area is 77.3 Å². The van der Waals surface area contributed by atoms with E-state index in [1.807, 2.05) is 5.38 Å². The van der Waals surface area contributed by atoms with Crippen molar-refractivity contribution in [1.29, 1.82) is 0 Å². The molecule has 68 valence electrons. The van der Waals surface area contributed by atoms with Gasteiger partial charge in [-0.2, -0.15) is 0 Å². The Kier molecular flexibility index (Phi) is 4.25. The van der Waals surface area contributed by atoms with Crippen molar-refractivity contribution in [2.45, 2.75) is 38.7 Å². The maximum absolute atomic E-state index is 9.58. The van der Waals surface area contributed by atoms with E-state index in [1.54, 1.807) is 6.20 Å². The molecule has 1 atom stereocenters. The van der Waals surface area contributed by atoms with E-state index in [4.69, 9.17) is 0 Å². The highest BCUT2D eigenvalue weighted by atomic mass is 32.1. The van der Waals surface area contributed by atoms with Crippen LogP contribution in [0.25, 0.3) is 0 Å². The average Bonchev–Trinajstić information content (AvgIpc) is 2.56. The summed E-state index contributed by atoms with van der Waals surface area (Å²) in [5.41, 5.74) is 0. The Morgan fingerprint density at radius 2 is 2.42 bits per heavy atom. The lowest BCUT2D eigenvalue weighted by molar-refractivity contribution is 0.163. The highest BCUT2D eigenvalue weighted by Crippen LogP contribution is 2.20. The molecule has 0 saturated heterocycles. The van der Waals surface area contributed by atoms with Gasteiger partial charge in [0.15, 0.2) is 0 Å². The van der Waals surface area contributed by atoms with E-state index >= 15 is 0 Å². The standard InChI is InChI=1S/C9H15NOS/c1-2-3-4-5-8(11)9-10-6-7-12-9/h6-8,11H,2-5H2,1H3/t8-/m0/s1. The molecular formula is C9H15NOS. The molecule has 0 radical (unpaired) electrons. The molecule has 0 aliphatic rings. The van der Waals surface area contributed by atoms with E-state index in [-0.39, 0.29) is 6.10 Å². The molecule has 0 unspecified atom stereocenters. The summed E-state index contributed by atoms with van der Waals surface area (Å²) in [5.74, 6) is 0. The third-order valence-electron chi connectivity index (χ3n) is 1.82. The zero-order chi connectivity index (χ0) is 8.81. The molecule has 0 aliphatic carbocycles. The van der Waals surface area contributed by atoms with Crippen LogP contribution in [-0.4, -0.2) is 10.1 Å². The minimum Gasteiger partial charge on any atom is -0.386 e. The van der Waals surface area contributed by atoms with Crippen LogP contribution < -0.4 is 0 Å². The number of hydrogen-bond acceptors (Lipinski definition) is 3. The Morgan fingerprint density at radius 3 is 3.00 bits per heavy atom. The molecule has 0 fully saturated rings. The van der Waals surface area contributed by atoms with Gasteiger partial charge in [0, 0.05) is 11.6 Å². The number of rotatable bonds is 5. The summed E-state index contributed by atoms with van der Waals surface area (Å²) in [6.07, 6.45) is 5.74. The second kappa shape index (κ2) is 5.27. The third-order valence-corrected chi connectivity index (χ3v) is 2.69. The summed E-state index contributed by atoms with van der Waals surface area (Å²) >= 11 is 1.53. The molecule has 0 bridgehead atoms. The zero-order valence-corrected chi connectivity index (χ0v) is 8.18. The van der Waals surface area contributed by atoms with E-state index in [2.05, 4.69) is 11.9 Å². The Morgan fingerprint density at radius 1 is 1.58 bits per heavy atom. The molecule has 1 N–H and O–H groups in total. The molecule has 1 rings (SSSR count). The first-order valence-corrected chi connectivity index (χ1v) is 5.30. The maximum atomic E-state index is 9.58. The SMILES string of the molecule is CCCCC[C@H](O)c1nccs1. The van der Waals surface area contributed by atoms with Crippen molar-refractivity contribution in [3.8, 4) is 0 Å². The topological polar surface area (TPSA) is 33.1 Å². The van der Waals surface area contributed by atoms with Crippen LogP contribution in [0.1, 0.15) is 43.7 Å². The molecular weight excluding hydrogens is 170 g/mol. The lowest BCUT2D eigenvalue weighted by atomic mass is 10.1. The van der Waals surface area contributed by atoms with Crippen LogP contribution in [0.15, 0.2) is 11.6 Å². The Bertz CT molecular complexity index is 198. The third kappa shape index (κ3) is 2.91. The van der Waals surface area contributed by atoms with Crippen molar-refractivity contribution < 1.29 is 5.11 Å². The van der Waals surface area contributed by atoms with Gasteiger partial charge in [-0.25, -0.2) is 4.98 Å². The second-order valence-electron chi connectivity index (χ2n) is 2.88. The number of hydrogen-bond donors (Lipinski definition) is 1. The van der Waals surface area contributed by atoms with E-state index in [1.165, 1.54) is 24.2 Å². The van der Waals surface area contributed by atoms with Crippen LogP contribution in [-0.2, 0) is 0 Å². The maximum Gasteiger partial charge on any atom is 0.121 e. The molecule has 3 heteroatoms. The molecule has 12 heavy (non-hydrogen) atoms. The quantitative estimate of drug-likeness (QED) is 0.715. The molecule has 0 spiro atoms. The normalized spacial score (nSPS) is 13.2. The summed E-state index contributed by atoms with van der Waals surface area (Å²) in [5, 5.41) is 12.3. The fourth-order valence-corrected chi connectivity index (χ4v) is 1.77. The van der Waals surface area contributed by atoms with Gasteiger partial charge < -0.3 is 5.11 Å². The van der Waals surface area contributed by atoms with Crippen LogP contribution in [0.5, 0.6) is 0 Å². The van der Waals surface area contributed by atoms with E-state index < -0.39 is 0 Å². The lowest BCUT2D eigenvalue weighted by Gasteiger charge is -2.05. The second-order valence-corrected chi connectivity index (χ2v) is 3.81. The first-order chi connectivity index (χ1) is 5.84. The number of thiazole rings is 1. The number of nitrogens with zero attached hydrogens (tertiary/aromatic N) is 1. The fourth-order valence-electron chi connectivity index (χ4n) is 1.11. The van der Waals surface area contributed by atoms with E-state index in [0.29, 0.717) is 0 Å². The lowest BCUT2D eigenvalue weighted by Crippen LogP contribution is -1.95. The van der Waals surface area contributed by atoms with E-state index in [9.17, 15) is 5.11 Å². The van der Waals surface area contributed by atoms with Crippen molar-refractivity contribution in [3.05, 3.63) is 16.6 Å². The van der Waals surface area contributed by atoms with Crippen molar-refractivity contribution in [1.82, 2.24) is 4.98 Å². The van der Waals surface area contributed by atoms with Gasteiger partial charge in [-0.3, -0.25) is 0 Å². The van der Waals surface area contributed by atoms with Crippen molar-refractivity contribution >= 4 is 11.3 Å². The van der Waals surface area contributed by atoms with Gasteiger partial charge in [0.2, 0.25) is 0 Å². The van der Waals surface area contributed by atoms with Gasteiger partial charge in [0.05, 0.1) is 0 Å². The van der Waals surface area contributed by atoms with Gasteiger partial charge in [-0.05, 0) is 6.42 Å². The van der Waals surface area contributed by atoms with Gasteiger partial charge in [-0.1, -0.05) is 26.2 Å². The van der Waals surface area contributed by atoms with Gasteiger partial charge >= 0.3 is 0 Å². The van der Waals surface area contributed by atoms with Crippen LogP contribution >= 0.6 is 11.3 Å². The van der Waals surface area contributed by atoms with Gasteiger partial charge in [0.1, 0.15) is 11.1 Å². The minimum atomic E-state index is -0.337. The molecule has 1 aromatic heterocycles. The van der Waals surface area contributed by atoms with E-state index in [0.717, 1.165) is 17.8 Å².